The fourth-order valence-corrected chi connectivity index (χ4v) is 2.46. The minimum absolute atomic E-state index is 0.0909. The molecule has 2 heterocycles. The minimum atomic E-state index is -0.0909. The van der Waals surface area contributed by atoms with Gasteiger partial charge in [0.2, 0.25) is 0 Å². The van der Waals surface area contributed by atoms with Crippen LogP contribution in [0.15, 0.2) is 41.2 Å². The first-order valence-corrected chi connectivity index (χ1v) is 7.07. The molecule has 5 heteroatoms. The highest BCUT2D eigenvalue weighted by atomic mass is 16.1. The molecule has 5 nitrogen and oxygen atoms in total. The van der Waals surface area contributed by atoms with Crippen LogP contribution in [0.2, 0.25) is 0 Å². The zero-order valence-electron chi connectivity index (χ0n) is 12.0. The van der Waals surface area contributed by atoms with Crippen LogP contribution in [0.3, 0.4) is 0 Å². The third-order valence-electron chi connectivity index (χ3n) is 3.58. The van der Waals surface area contributed by atoms with E-state index < -0.39 is 0 Å². The van der Waals surface area contributed by atoms with E-state index in [1.165, 1.54) is 4.52 Å². The van der Waals surface area contributed by atoms with Gasteiger partial charge in [0.05, 0.1) is 5.69 Å². The highest BCUT2D eigenvalue weighted by molar-refractivity contribution is 5.67. The first kappa shape index (κ1) is 13.6. The van der Waals surface area contributed by atoms with Gasteiger partial charge in [-0.25, -0.2) is 9.50 Å². The number of hydrogen-bond acceptors (Lipinski definition) is 3. The van der Waals surface area contributed by atoms with Gasteiger partial charge in [0.15, 0.2) is 5.65 Å². The Balaban J connectivity index is 2.10. The molecule has 3 rings (SSSR count). The maximum atomic E-state index is 12.2. The van der Waals surface area contributed by atoms with Crippen LogP contribution in [0.5, 0.6) is 0 Å². The molecule has 0 unspecified atom stereocenters. The van der Waals surface area contributed by atoms with Gasteiger partial charge in [-0.2, -0.15) is 0 Å². The molecule has 0 aliphatic carbocycles. The van der Waals surface area contributed by atoms with Crippen molar-refractivity contribution in [2.45, 2.75) is 19.8 Å². The summed E-state index contributed by atoms with van der Waals surface area (Å²) < 4.78 is 1.48. The number of aromatic amines is 1. The summed E-state index contributed by atoms with van der Waals surface area (Å²) in [6, 6.07) is 11.5. The smallest absolute Gasteiger partial charge is 0.272 e. The fourth-order valence-electron chi connectivity index (χ4n) is 2.46. The summed E-state index contributed by atoms with van der Waals surface area (Å²) in [4.78, 5) is 16.7. The topological polar surface area (TPSA) is 76.2 Å². The molecule has 0 fully saturated rings. The number of nitrogens with one attached hydrogen (secondary N) is 1. The monoisotopic (exact) mass is 282 g/mol. The van der Waals surface area contributed by atoms with Crippen LogP contribution in [-0.2, 0) is 6.42 Å². The van der Waals surface area contributed by atoms with Crippen molar-refractivity contribution in [3.05, 3.63) is 58.0 Å². The van der Waals surface area contributed by atoms with Crippen LogP contribution in [-0.4, -0.2) is 21.1 Å². The van der Waals surface area contributed by atoms with Crippen LogP contribution in [0.1, 0.15) is 17.7 Å². The molecule has 21 heavy (non-hydrogen) atoms. The summed E-state index contributed by atoms with van der Waals surface area (Å²) in [5.41, 5.74) is 9.98. The van der Waals surface area contributed by atoms with Gasteiger partial charge >= 0.3 is 0 Å². The van der Waals surface area contributed by atoms with E-state index in [0.717, 1.165) is 35.4 Å². The zero-order chi connectivity index (χ0) is 14.8. The Morgan fingerprint density at radius 2 is 2.10 bits per heavy atom. The van der Waals surface area contributed by atoms with Crippen molar-refractivity contribution in [1.29, 1.82) is 0 Å². The van der Waals surface area contributed by atoms with E-state index in [1.807, 2.05) is 37.3 Å². The van der Waals surface area contributed by atoms with Gasteiger partial charge in [-0.3, -0.25) is 9.89 Å². The van der Waals surface area contributed by atoms with Crippen molar-refractivity contribution in [2.24, 2.45) is 5.73 Å². The summed E-state index contributed by atoms with van der Waals surface area (Å²) in [5, 5.41) is 3.12. The van der Waals surface area contributed by atoms with Crippen LogP contribution in [0.4, 0.5) is 0 Å². The largest absolute Gasteiger partial charge is 0.330 e. The van der Waals surface area contributed by atoms with E-state index in [-0.39, 0.29) is 5.56 Å². The molecule has 3 aromatic rings. The van der Waals surface area contributed by atoms with Crippen LogP contribution in [0.25, 0.3) is 16.9 Å². The summed E-state index contributed by atoms with van der Waals surface area (Å²) in [7, 11) is 0. The minimum Gasteiger partial charge on any atom is -0.330 e. The maximum Gasteiger partial charge on any atom is 0.272 e. The van der Waals surface area contributed by atoms with Gasteiger partial charge < -0.3 is 5.73 Å². The van der Waals surface area contributed by atoms with Gasteiger partial charge in [-0.05, 0) is 31.9 Å². The first-order valence-electron chi connectivity index (χ1n) is 7.07. The van der Waals surface area contributed by atoms with Gasteiger partial charge in [0, 0.05) is 23.4 Å². The molecule has 1 aromatic carbocycles. The average Bonchev–Trinajstić information content (AvgIpc) is 2.90. The number of hydrogen-bond donors (Lipinski definition) is 2. The Hall–Kier alpha value is -2.40. The molecule has 0 spiro atoms. The zero-order valence-corrected chi connectivity index (χ0v) is 12.0. The third kappa shape index (κ3) is 2.60. The maximum absolute atomic E-state index is 12.2. The molecule has 0 radical (unpaired) electrons. The molecule has 0 aliphatic heterocycles. The molecule has 0 atom stereocenters. The second-order valence-electron chi connectivity index (χ2n) is 5.16. The molecule has 2 aromatic heterocycles. The van der Waals surface area contributed by atoms with E-state index in [2.05, 4.69) is 10.1 Å². The Kier molecular flexibility index (Phi) is 3.58. The predicted octanol–water partition coefficient (Wildman–Crippen LogP) is 1.89. The SMILES string of the molecule is Cc1ccccc1-c1cc2nc(CCCN)cc(=O)n2[nH]1. The van der Waals surface area contributed by atoms with Crippen molar-refractivity contribution in [2.75, 3.05) is 6.54 Å². The second-order valence-corrected chi connectivity index (χ2v) is 5.16. The molecule has 3 N–H and O–H groups in total. The molecular weight excluding hydrogens is 264 g/mol. The number of nitrogens with two attached hydrogens (primary N) is 1. The number of H-pyrrole nitrogens is 1. The summed E-state index contributed by atoms with van der Waals surface area (Å²) in [6.07, 6.45) is 1.56. The summed E-state index contributed by atoms with van der Waals surface area (Å²) >= 11 is 0. The van der Waals surface area contributed by atoms with E-state index in [9.17, 15) is 4.79 Å². The lowest BCUT2D eigenvalue weighted by Crippen LogP contribution is -2.16. The van der Waals surface area contributed by atoms with Crippen molar-refractivity contribution in [3.63, 3.8) is 0 Å². The van der Waals surface area contributed by atoms with Crippen molar-refractivity contribution in [3.8, 4) is 11.3 Å². The standard InChI is InChI=1S/C16H18N4O/c1-11-5-2-3-7-13(11)14-10-15-18-12(6-4-8-17)9-16(21)20(15)19-14/h2-3,5,7,9-10,19H,4,6,8,17H2,1H3. The van der Waals surface area contributed by atoms with E-state index in [4.69, 9.17) is 5.73 Å². The van der Waals surface area contributed by atoms with Crippen molar-refractivity contribution >= 4 is 5.65 Å². The first-order chi connectivity index (χ1) is 10.2. The van der Waals surface area contributed by atoms with Gasteiger partial charge in [0.25, 0.3) is 5.56 Å². The molecule has 0 aliphatic rings. The molecule has 0 bridgehead atoms. The van der Waals surface area contributed by atoms with E-state index in [1.54, 1.807) is 6.07 Å². The highest BCUT2D eigenvalue weighted by Crippen LogP contribution is 2.22. The quantitative estimate of drug-likeness (QED) is 0.767. The number of aromatic nitrogens is 3. The van der Waals surface area contributed by atoms with Gasteiger partial charge in [-0.1, -0.05) is 24.3 Å². The third-order valence-corrected chi connectivity index (χ3v) is 3.58. The van der Waals surface area contributed by atoms with Gasteiger partial charge in [-0.15, -0.1) is 0 Å². The Morgan fingerprint density at radius 1 is 1.29 bits per heavy atom. The molecule has 108 valence electrons. The lowest BCUT2D eigenvalue weighted by Gasteiger charge is -2.01. The van der Waals surface area contributed by atoms with Crippen LogP contribution in [0, 0.1) is 6.92 Å². The number of benzene rings is 1. The Morgan fingerprint density at radius 3 is 2.86 bits per heavy atom. The number of aryl methyl sites for hydroxylation is 2. The number of fused-ring (bicyclic) bond motifs is 1. The molecular formula is C16H18N4O. The Labute approximate surface area is 122 Å². The molecule has 0 amide bonds. The lowest BCUT2D eigenvalue weighted by atomic mass is 10.1. The van der Waals surface area contributed by atoms with Crippen LogP contribution >= 0.6 is 0 Å². The normalized spacial score (nSPS) is 11.1. The average molecular weight is 282 g/mol. The molecule has 0 saturated carbocycles. The number of nitrogens with zero attached hydrogens (tertiary/aromatic N) is 2. The van der Waals surface area contributed by atoms with E-state index >= 15 is 0 Å². The predicted molar refractivity (Wildman–Crippen MR) is 83.4 cm³/mol. The van der Waals surface area contributed by atoms with E-state index in [0.29, 0.717) is 12.2 Å². The second kappa shape index (κ2) is 5.54. The Bertz CT molecular complexity index is 832. The fraction of sp³-hybridized carbons (Fsp3) is 0.250. The van der Waals surface area contributed by atoms with Crippen molar-refractivity contribution < 1.29 is 0 Å². The lowest BCUT2D eigenvalue weighted by molar-refractivity contribution is 0.796. The summed E-state index contributed by atoms with van der Waals surface area (Å²) in [6.45, 7) is 2.65. The summed E-state index contributed by atoms with van der Waals surface area (Å²) in [5.74, 6) is 0. The van der Waals surface area contributed by atoms with Crippen LogP contribution < -0.4 is 11.3 Å². The highest BCUT2D eigenvalue weighted by Gasteiger charge is 2.09. The van der Waals surface area contributed by atoms with Gasteiger partial charge in [0.1, 0.15) is 0 Å². The molecule has 0 saturated heterocycles. The number of rotatable bonds is 4. The van der Waals surface area contributed by atoms with Crippen molar-refractivity contribution in [1.82, 2.24) is 14.6 Å².